The van der Waals surface area contributed by atoms with E-state index in [2.05, 4.69) is 15.5 Å². The van der Waals surface area contributed by atoms with Crippen molar-refractivity contribution in [1.29, 1.82) is 0 Å². The van der Waals surface area contributed by atoms with Gasteiger partial charge in [-0.05, 0) is 88.7 Å². The zero-order chi connectivity index (χ0) is 24.8. The summed E-state index contributed by atoms with van der Waals surface area (Å²) in [5.74, 6) is -0.469. The second kappa shape index (κ2) is 10.0. The highest BCUT2D eigenvalue weighted by Crippen LogP contribution is 2.41. The molecule has 0 radical (unpaired) electrons. The van der Waals surface area contributed by atoms with Crippen molar-refractivity contribution in [3.8, 4) is 0 Å². The SMILES string of the molecule is O=C1CCC(N2Cc3c(ccc(C4CCN(C5CC(OC6CCNCC6)C5)CC4)c3Cl)C2=O)C(=O)N1. The maximum Gasteiger partial charge on any atom is 0.255 e. The van der Waals surface area contributed by atoms with E-state index in [0.717, 1.165) is 75.8 Å². The van der Waals surface area contributed by atoms with E-state index in [1.54, 1.807) is 4.90 Å². The van der Waals surface area contributed by atoms with Crippen LogP contribution in [0, 0.1) is 0 Å². The number of hydrogen-bond donors (Lipinski definition) is 2. The van der Waals surface area contributed by atoms with Crippen molar-refractivity contribution < 1.29 is 19.1 Å². The highest BCUT2D eigenvalue weighted by molar-refractivity contribution is 6.33. The van der Waals surface area contributed by atoms with Gasteiger partial charge < -0.3 is 19.9 Å². The minimum atomic E-state index is -0.615. The number of fused-ring (bicyclic) bond motifs is 1. The molecule has 36 heavy (non-hydrogen) atoms. The van der Waals surface area contributed by atoms with Crippen LogP contribution in [0.2, 0.25) is 5.02 Å². The van der Waals surface area contributed by atoms with Gasteiger partial charge >= 0.3 is 0 Å². The van der Waals surface area contributed by atoms with Crippen LogP contribution in [0.4, 0.5) is 0 Å². The van der Waals surface area contributed by atoms with Crippen LogP contribution in [0.3, 0.4) is 0 Å². The van der Waals surface area contributed by atoms with Gasteiger partial charge in [0.15, 0.2) is 0 Å². The van der Waals surface area contributed by atoms with Crippen LogP contribution < -0.4 is 10.6 Å². The van der Waals surface area contributed by atoms with Crippen LogP contribution in [0.5, 0.6) is 0 Å². The summed E-state index contributed by atoms with van der Waals surface area (Å²) in [5.41, 5.74) is 2.53. The molecule has 1 aromatic carbocycles. The van der Waals surface area contributed by atoms with Crippen LogP contribution in [-0.4, -0.2) is 78.0 Å². The maximum atomic E-state index is 13.1. The highest BCUT2D eigenvalue weighted by atomic mass is 35.5. The summed E-state index contributed by atoms with van der Waals surface area (Å²) in [4.78, 5) is 41.1. The van der Waals surface area contributed by atoms with E-state index in [1.807, 2.05) is 12.1 Å². The predicted molar refractivity (Wildman–Crippen MR) is 135 cm³/mol. The van der Waals surface area contributed by atoms with Gasteiger partial charge in [-0.1, -0.05) is 17.7 Å². The van der Waals surface area contributed by atoms with Gasteiger partial charge in [-0.2, -0.15) is 0 Å². The summed E-state index contributed by atoms with van der Waals surface area (Å²) >= 11 is 6.90. The van der Waals surface area contributed by atoms with Crippen LogP contribution in [0.15, 0.2) is 12.1 Å². The number of amides is 3. The second-order valence-electron chi connectivity index (χ2n) is 11.0. The Labute approximate surface area is 217 Å². The van der Waals surface area contributed by atoms with E-state index >= 15 is 0 Å². The van der Waals surface area contributed by atoms with E-state index in [9.17, 15) is 14.4 Å². The lowest BCUT2D eigenvalue weighted by Gasteiger charge is -2.46. The first-order valence-electron chi connectivity index (χ1n) is 13.5. The van der Waals surface area contributed by atoms with Crippen molar-refractivity contribution in [1.82, 2.24) is 20.4 Å². The monoisotopic (exact) mass is 514 g/mol. The largest absolute Gasteiger partial charge is 0.375 e. The van der Waals surface area contributed by atoms with Crippen molar-refractivity contribution in [2.24, 2.45) is 0 Å². The summed E-state index contributed by atoms with van der Waals surface area (Å²) in [6.07, 6.45) is 8.13. The third kappa shape index (κ3) is 4.57. The van der Waals surface area contributed by atoms with Crippen molar-refractivity contribution in [2.75, 3.05) is 26.2 Å². The molecule has 0 spiro atoms. The van der Waals surface area contributed by atoms with E-state index in [4.69, 9.17) is 16.3 Å². The van der Waals surface area contributed by atoms with Crippen molar-refractivity contribution in [3.05, 3.63) is 33.8 Å². The molecule has 4 heterocycles. The van der Waals surface area contributed by atoms with Gasteiger partial charge in [0.2, 0.25) is 11.8 Å². The number of carbonyl (C=O) groups excluding carboxylic acids is 3. The fourth-order valence-corrected chi connectivity index (χ4v) is 7.04. The molecule has 9 heteroatoms. The Balaban J connectivity index is 1.04. The Morgan fingerprint density at radius 2 is 1.69 bits per heavy atom. The van der Waals surface area contributed by atoms with E-state index < -0.39 is 11.9 Å². The standard InChI is InChI=1S/C27H35ClN4O4/c28-25-20(1-2-21-22(25)15-32(27(21)35)23-3-4-24(33)30-26(23)34)16-7-11-31(12-8-16)17-13-19(14-17)36-18-5-9-29-10-6-18/h1-2,16-19,23,29H,3-15H2,(H,30,33,34). The minimum absolute atomic E-state index is 0.172. The van der Waals surface area contributed by atoms with Crippen molar-refractivity contribution in [3.63, 3.8) is 0 Å². The zero-order valence-corrected chi connectivity index (χ0v) is 21.4. The average molecular weight is 515 g/mol. The molecule has 2 N–H and O–H groups in total. The van der Waals surface area contributed by atoms with E-state index in [1.165, 1.54) is 0 Å². The van der Waals surface area contributed by atoms with Gasteiger partial charge in [0.25, 0.3) is 5.91 Å². The lowest BCUT2D eigenvalue weighted by Crippen LogP contribution is -2.52. The molecule has 6 rings (SSSR count). The topological polar surface area (TPSA) is 91.0 Å². The Kier molecular flexibility index (Phi) is 6.79. The number of rotatable bonds is 5. The number of likely N-dealkylation sites (tertiary alicyclic amines) is 1. The fraction of sp³-hybridized carbons (Fsp3) is 0.667. The van der Waals surface area contributed by atoms with E-state index in [-0.39, 0.29) is 18.2 Å². The lowest BCUT2D eigenvalue weighted by molar-refractivity contribution is -0.136. The number of benzene rings is 1. The van der Waals surface area contributed by atoms with Gasteiger partial charge in [0.1, 0.15) is 6.04 Å². The highest BCUT2D eigenvalue weighted by Gasteiger charge is 2.41. The van der Waals surface area contributed by atoms with Crippen LogP contribution in [-0.2, 0) is 20.9 Å². The Morgan fingerprint density at radius 1 is 0.944 bits per heavy atom. The molecule has 1 atom stereocenters. The van der Waals surface area contributed by atoms with Crippen LogP contribution >= 0.6 is 11.6 Å². The molecule has 0 aromatic heterocycles. The average Bonchev–Trinajstić information content (AvgIpc) is 3.19. The first kappa shape index (κ1) is 24.3. The Morgan fingerprint density at radius 3 is 2.42 bits per heavy atom. The van der Waals surface area contributed by atoms with E-state index in [0.29, 0.717) is 47.7 Å². The normalized spacial score (nSPS) is 30.3. The van der Waals surface area contributed by atoms with Crippen molar-refractivity contribution in [2.45, 2.75) is 88.1 Å². The first-order chi connectivity index (χ1) is 17.5. The molecule has 8 nitrogen and oxygen atoms in total. The molecule has 3 amide bonds. The molecular formula is C27H35ClN4O4. The number of piperidine rings is 3. The predicted octanol–water partition coefficient (Wildman–Crippen LogP) is 2.58. The molecule has 194 valence electrons. The number of imide groups is 1. The summed E-state index contributed by atoms with van der Waals surface area (Å²) in [5, 5.41) is 6.43. The molecule has 0 bridgehead atoms. The molecular weight excluding hydrogens is 480 g/mol. The Bertz CT molecular complexity index is 1040. The molecule has 1 unspecified atom stereocenters. The number of carbonyl (C=O) groups is 3. The van der Waals surface area contributed by atoms with Gasteiger partial charge in [0.05, 0.1) is 12.2 Å². The number of ether oxygens (including phenoxy) is 1. The molecule has 1 aromatic rings. The van der Waals surface area contributed by atoms with Gasteiger partial charge in [0, 0.05) is 35.2 Å². The number of nitrogens with one attached hydrogen (secondary N) is 2. The molecule has 4 aliphatic heterocycles. The van der Waals surface area contributed by atoms with Crippen molar-refractivity contribution >= 4 is 29.3 Å². The first-order valence-corrected chi connectivity index (χ1v) is 13.9. The Hall–Kier alpha value is -2.00. The molecule has 1 saturated carbocycles. The number of hydrogen-bond acceptors (Lipinski definition) is 6. The maximum absolute atomic E-state index is 13.1. The quantitative estimate of drug-likeness (QED) is 0.587. The third-order valence-electron chi connectivity index (χ3n) is 8.91. The fourth-order valence-electron chi connectivity index (χ4n) is 6.66. The molecule has 1 aliphatic carbocycles. The minimum Gasteiger partial charge on any atom is -0.375 e. The molecule has 4 fully saturated rings. The lowest BCUT2D eigenvalue weighted by atomic mass is 9.83. The summed E-state index contributed by atoms with van der Waals surface area (Å²) < 4.78 is 6.31. The summed E-state index contributed by atoms with van der Waals surface area (Å²) in [6.45, 7) is 4.59. The zero-order valence-electron chi connectivity index (χ0n) is 20.6. The molecule has 5 aliphatic rings. The smallest absolute Gasteiger partial charge is 0.255 e. The second-order valence-corrected chi connectivity index (χ2v) is 11.4. The summed E-state index contributed by atoms with van der Waals surface area (Å²) in [7, 11) is 0. The van der Waals surface area contributed by atoms with Gasteiger partial charge in [-0.15, -0.1) is 0 Å². The number of halogens is 1. The number of nitrogens with zero attached hydrogens (tertiary/aromatic N) is 2. The van der Waals surface area contributed by atoms with Crippen LogP contribution in [0.25, 0.3) is 0 Å². The summed E-state index contributed by atoms with van der Waals surface area (Å²) in [6, 6.07) is 3.91. The van der Waals surface area contributed by atoms with Crippen LogP contribution in [0.1, 0.15) is 78.8 Å². The van der Waals surface area contributed by atoms with Gasteiger partial charge in [-0.25, -0.2) is 0 Å². The molecule has 3 saturated heterocycles. The third-order valence-corrected chi connectivity index (χ3v) is 9.35. The van der Waals surface area contributed by atoms with Gasteiger partial charge in [-0.3, -0.25) is 19.7 Å².